The molecule has 0 spiro atoms. The van der Waals surface area contributed by atoms with Crippen LogP contribution in [0.5, 0.6) is 0 Å². The first-order chi connectivity index (χ1) is 11.1. The SMILES string of the molecule is CCCCCCCCCCc1[c-]cccc1.O=C(O)CC(=O)O.[Na+]. The minimum Gasteiger partial charge on any atom is -0.481 e. The summed E-state index contributed by atoms with van der Waals surface area (Å²) in [6.45, 7) is 2.27. The average molecular weight is 344 g/mol. The number of aliphatic carboxylic acids is 2. The van der Waals surface area contributed by atoms with Crippen LogP contribution in [0.4, 0.5) is 0 Å². The molecule has 0 aliphatic rings. The van der Waals surface area contributed by atoms with Gasteiger partial charge in [0, 0.05) is 0 Å². The predicted molar refractivity (Wildman–Crippen MR) is 91.5 cm³/mol. The van der Waals surface area contributed by atoms with Crippen LogP contribution >= 0.6 is 0 Å². The summed E-state index contributed by atoms with van der Waals surface area (Å²) in [7, 11) is 0. The molecule has 1 rings (SSSR count). The summed E-state index contributed by atoms with van der Waals surface area (Å²) in [6.07, 6.45) is 11.6. The quantitative estimate of drug-likeness (QED) is 0.277. The fraction of sp³-hybridized carbons (Fsp3) is 0.579. The van der Waals surface area contributed by atoms with Gasteiger partial charge in [-0.15, -0.1) is 0 Å². The molecule has 1 aromatic carbocycles. The minimum atomic E-state index is -1.31. The second-order valence-corrected chi connectivity index (χ2v) is 5.58. The molecule has 0 bridgehead atoms. The first-order valence-electron chi connectivity index (χ1n) is 8.45. The second kappa shape index (κ2) is 18.5. The Balaban J connectivity index is 0. The first-order valence-corrected chi connectivity index (χ1v) is 8.45. The normalized spacial score (nSPS) is 9.38. The van der Waals surface area contributed by atoms with Crippen LogP contribution in [0.3, 0.4) is 0 Å². The summed E-state index contributed by atoms with van der Waals surface area (Å²) in [5.41, 5.74) is 1.37. The molecular weight excluding hydrogens is 315 g/mol. The van der Waals surface area contributed by atoms with Crippen molar-refractivity contribution >= 4 is 11.9 Å². The molecule has 1 aromatic rings. The molecule has 0 radical (unpaired) electrons. The Morgan fingerprint density at radius 2 is 1.46 bits per heavy atom. The molecule has 4 nitrogen and oxygen atoms in total. The maximum absolute atomic E-state index is 9.43. The number of aryl methyl sites for hydroxylation is 1. The zero-order chi connectivity index (χ0) is 17.3. The molecule has 0 fully saturated rings. The van der Waals surface area contributed by atoms with Crippen molar-refractivity contribution in [1.82, 2.24) is 0 Å². The number of hydrogen-bond donors (Lipinski definition) is 2. The summed E-state index contributed by atoms with van der Waals surface area (Å²) in [5, 5.41) is 15.4. The molecule has 0 saturated heterocycles. The van der Waals surface area contributed by atoms with E-state index in [2.05, 4.69) is 25.1 Å². The smallest absolute Gasteiger partial charge is 0.481 e. The van der Waals surface area contributed by atoms with E-state index in [1.54, 1.807) is 0 Å². The van der Waals surface area contributed by atoms with E-state index in [4.69, 9.17) is 10.2 Å². The number of hydrogen-bond acceptors (Lipinski definition) is 2. The van der Waals surface area contributed by atoms with E-state index in [-0.39, 0.29) is 29.6 Å². The number of rotatable bonds is 11. The Hall–Kier alpha value is -0.840. The van der Waals surface area contributed by atoms with Gasteiger partial charge < -0.3 is 10.2 Å². The zero-order valence-electron chi connectivity index (χ0n) is 15.1. The molecule has 0 aliphatic carbocycles. The maximum Gasteiger partial charge on any atom is 1.00 e. The number of unbranched alkanes of at least 4 members (excludes halogenated alkanes) is 7. The second-order valence-electron chi connectivity index (χ2n) is 5.58. The predicted octanol–water partition coefficient (Wildman–Crippen LogP) is 1.72. The Morgan fingerprint density at radius 1 is 0.917 bits per heavy atom. The molecule has 5 heteroatoms. The molecule has 0 atom stereocenters. The van der Waals surface area contributed by atoms with Gasteiger partial charge in [0.25, 0.3) is 0 Å². The van der Waals surface area contributed by atoms with Crippen molar-refractivity contribution in [3.05, 3.63) is 35.9 Å². The van der Waals surface area contributed by atoms with Gasteiger partial charge in [-0.3, -0.25) is 9.59 Å². The van der Waals surface area contributed by atoms with Gasteiger partial charge in [0.15, 0.2) is 0 Å². The van der Waals surface area contributed by atoms with Crippen LogP contribution in [0.2, 0.25) is 0 Å². The van der Waals surface area contributed by atoms with Crippen molar-refractivity contribution in [1.29, 1.82) is 0 Å². The van der Waals surface area contributed by atoms with E-state index in [0.717, 1.165) is 0 Å². The largest absolute Gasteiger partial charge is 1.00 e. The van der Waals surface area contributed by atoms with Crippen molar-refractivity contribution in [3.63, 3.8) is 0 Å². The monoisotopic (exact) mass is 344 g/mol. The molecule has 0 aromatic heterocycles. The molecule has 2 N–H and O–H groups in total. The van der Waals surface area contributed by atoms with Gasteiger partial charge in [-0.05, 0) is 0 Å². The van der Waals surface area contributed by atoms with Crippen LogP contribution in [-0.2, 0) is 16.0 Å². The van der Waals surface area contributed by atoms with E-state index in [0.29, 0.717) is 0 Å². The molecule has 0 heterocycles. The number of benzene rings is 1. The van der Waals surface area contributed by atoms with Gasteiger partial charge in [-0.2, -0.15) is 35.9 Å². The molecule has 0 amide bonds. The average Bonchev–Trinajstić information content (AvgIpc) is 2.50. The maximum atomic E-state index is 9.43. The van der Waals surface area contributed by atoms with E-state index in [1.165, 1.54) is 63.4 Å². The topological polar surface area (TPSA) is 74.6 Å². The van der Waals surface area contributed by atoms with E-state index in [9.17, 15) is 9.59 Å². The van der Waals surface area contributed by atoms with E-state index >= 15 is 0 Å². The van der Waals surface area contributed by atoms with Crippen LogP contribution in [0.15, 0.2) is 24.3 Å². The third-order valence-corrected chi connectivity index (χ3v) is 3.38. The number of carboxylic acid groups (broad SMARTS) is 2. The standard InChI is InChI=1S/C16H25.C3H4O4.Na/c1-2-3-4-5-6-7-8-10-13-16-14-11-9-12-15-16;4-2(5)1-3(6)7;/h9,11-12,14H,2-8,10,13H2,1H3;1H2,(H,4,5)(H,6,7);/q-1;;+1. The first kappa shape index (κ1) is 25.4. The van der Waals surface area contributed by atoms with Crippen LogP contribution in [0.1, 0.15) is 70.3 Å². The zero-order valence-corrected chi connectivity index (χ0v) is 17.1. The fourth-order valence-corrected chi connectivity index (χ4v) is 2.16. The molecular formula is C19H29NaO4. The van der Waals surface area contributed by atoms with Gasteiger partial charge >= 0.3 is 41.5 Å². The van der Waals surface area contributed by atoms with Crippen molar-refractivity contribution in [3.8, 4) is 0 Å². The molecule has 0 aliphatic heterocycles. The van der Waals surface area contributed by atoms with Crippen LogP contribution in [0, 0.1) is 6.07 Å². The van der Waals surface area contributed by atoms with Crippen LogP contribution < -0.4 is 29.6 Å². The summed E-state index contributed by atoms with van der Waals surface area (Å²) >= 11 is 0. The van der Waals surface area contributed by atoms with Crippen molar-refractivity contribution in [2.45, 2.75) is 71.1 Å². The molecule has 24 heavy (non-hydrogen) atoms. The third kappa shape index (κ3) is 19.2. The summed E-state index contributed by atoms with van der Waals surface area (Å²) in [4.78, 5) is 18.9. The molecule has 0 saturated carbocycles. The van der Waals surface area contributed by atoms with Crippen molar-refractivity contribution in [2.75, 3.05) is 0 Å². The van der Waals surface area contributed by atoms with E-state index < -0.39 is 18.4 Å². The number of carbonyl (C=O) groups is 2. The van der Waals surface area contributed by atoms with Gasteiger partial charge in [0.2, 0.25) is 0 Å². The summed E-state index contributed by atoms with van der Waals surface area (Å²) in [5.74, 6) is -2.62. The minimum absolute atomic E-state index is 0. The summed E-state index contributed by atoms with van der Waals surface area (Å²) < 4.78 is 0. The third-order valence-electron chi connectivity index (χ3n) is 3.38. The van der Waals surface area contributed by atoms with E-state index in [1.807, 2.05) is 12.1 Å². The Kier molecular flexibility index (Phi) is 19.6. The van der Waals surface area contributed by atoms with Gasteiger partial charge in [0.05, 0.1) is 0 Å². The van der Waals surface area contributed by atoms with Crippen molar-refractivity contribution < 1.29 is 49.4 Å². The van der Waals surface area contributed by atoms with Gasteiger partial charge in [-0.25, -0.2) is 0 Å². The van der Waals surface area contributed by atoms with Crippen molar-refractivity contribution in [2.24, 2.45) is 0 Å². The van der Waals surface area contributed by atoms with Crippen LogP contribution in [0.25, 0.3) is 0 Å². The molecule has 130 valence electrons. The van der Waals surface area contributed by atoms with Gasteiger partial charge in [0.1, 0.15) is 6.42 Å². The fourth-order valence-electron chi connectivity index (χ4n) is 2.16. The molecule has 0 unspecified atom stereocenters. The Labute approximate surface area is 168 Å². The van der Waals surface area contributed by atoms with Gasteiger partial charge in [-0.1, -0.05) is 64.7 Å². The summed E-state index contributed by atoms with van der Waals surface area (Å²) in [6, 6.07) is 11.6. The van der Waals surface area contributed by atoms with Crippen LogP contribution in [-0.4, -0.2) is 22.2 Å². The Bertz CT molecular complexity index is 409. The Morgan fingerprint density at radius 3 is 1.88 bits per heavy atom. The number of carboxylic acids is 2.